The lowest BCUT2D eigenvalue weighted by molar-refractivity contribution is 0.685. The van der Waals surface area contributed by atoms with Crippen molar-refractivity contribution in [2.45, 2.75) is 13.5 Å². The molecule has 0 spiro atoms. The average Bonchev–Trinajstić information content (AvgIpc) is 2.74. The van der Waals surface area contributed by atoms with E-state index in [2.05, 4.69) is 22.0 Å². The number of aromatic nitrogens is 5. The second kappa shape index (κ2) is 2.77. The van der Waals surface area contributed by atoms with Crippen LogP contribution in [0.5, 0.6) is 0 Å². The van der Waals surface area contributed by atoms with Gasteiger partial charge >= 0.3 is 0 Å². The van der Waals surface area contributed by atoms with E-state index in [0.717, 1.165) is 12.5 Å². The molecule has 0 aromatic carbocycles. The molecule has 0 bridgehead atoms. The molecule has 0 amide bonds. The van der Waals surface area contributed by atoms with Crippen LogP contribution in [-0.4, -0.2) is 24.3 Å². The van der Waals surface area contributed by atoms with Gasteiger partial charge in [0, 0.05) is 18.9 Å². The molecule has 0 N–H and O–H groups in total. The lowest BCUT2D eigenvalue weighted by Crippen LogP contribution is -2.05. The first-order valence-corrected chi connectivity index (χ1v) is 3.78. The number of nitrogens with zero attached hydrogens (tertiary/aromatic N) is 5. The minimum atomic E-state index is 0.801. The Bertz CT molecular complexity index is 348. The SMILES string of the molecule is CCn1ccnc1-n1cncn1. The zero-order valence-corrected chi connectivity index (χ0v) is 6.75. The Morgan fingerprint density at radius 1 is 1.50 bits per heavy atom. The van der Waals surface area contributed by atoms with Gasteiger partial charge in [0.25, 0.3) is 0 Å². The summed E-state index contributed by atoms with van der Waals surface area (Å²) in [4.78, 5) is 8.00. The summed E-state index contributed by atoms with van der Waals surface area (Å²) < 4.78 is 3.64. The standard InChI is InChI=1S/C7H9N5/c1-2-11-4-3-9-7(11)12-6-8-5-10-12/h3-6H,2H2,1H3. The van der Waals surface area contributed by atoms with Gasteiger partial charge in [0.2, 0.25) is 5.95 Å². The van der Waals surface area contributed by atoms with Crippen LogP contribution in [0.2, 0.25) is 0 Å². The summed E-state index contributed by atoms with van der Waals surface area (Å²) in [5.41, 5.74) is 0. The van der Waals surface area contributed by atoms with Crippen molar-refractivity contribution in [1.29, 1.82) is 0 Å². The van der Waals surface area contributed by atoms with Gasteiger partial charge in [-0.2, -0.15) is 9.78 Å². The van der Waals surface area contributed by atoms with Gasteiger partial charge in [0.15, 0.2) is 0 Å². The van der Waals surface area contributed by atoms with Crippen LogP contribution in [-0.2, 0) is 6.54 Å². The highest BCUT2D eigenvalue weighted by atomic mass is 15.4. The summed E-state index contributed by atoms with van der Waals surface area (Å²) in [6.07, 6.45) is 6.79. The van der Waals surface area contributed by atoms with Crippen molar-refractivity contribution in [3.63, 3.8) is 0 Å². The Hall–Kier alpha value is -1.65. The molecule has 2 aromatic heterocycles. The number of imidazole rings is 1. The molecular formula is C7H9N5. The van der Waals surface area contributed by atoms with E-state index >= 15 is 0 Å². The molecule has 0 saturated carbocycles. The van der Waals surface area contributed by atoms with Crippen LogP contribution < -0.4 is 0 Å². The van der Waals surface area contributed by atoms with Crippen LogP contribution in [0.3, 0.4) is 0 Å². The maximum absolute atomic E-state index is 4.15. The number of rotatable bonds is 2. The van der Waals surface area contributed by atoms with E-state index in [-0.39, 0.29) is 0 Å². The molecule has 0 aliphatic carbocycles. The molecule has 0 aliphatic rings. The zero-order chi connectivity index (χ0) is 8.39. The predicted octanol–water partition coefficient (Wildman–Crippen LogP) is 0.484. The Morgan fingerprint density at radius 2 is 2.42 bits per heavy atom. The summed E-state index contributed by atoms with van der Waals surface area (Å²) in [5, 5.41) is 3.99. The van der Waals surface area contributed by atoms with Crippen molar-refractivity contribution >= 4 is 0 Å². The fraction of sp³-hybridized carbons (Fsp3) is 0.286. The molecule has 12 heavy (non-hydrogen) atoms. The zero-order valence-electron chi connectivity index (χ0n) is 6.75. The lowest BCUT2D eigenvalue weighted by Gasteiger charge is -2.01. The van der Waals surface area contributed by atoms with Crippen LogP contribution in [0, 0.1) is 0 Å². The topological polar surface area (TPSA) is 48.5 Å². The van der Waals surface area contributed by atoms with Gasteiger partial charge in [0.1, 0.15) is 12.7 Å². The van der Waals surface area contributed by atoms with Gasteiger partial charge in [-0.25, -0.2) is 9.97 Å². The van der Waals surface area contributed by atoms with Gasteiger partial charge in [0.05, 0.1) is 0 Å². The lowest BCUT2D eigenvalue weighted by atomic mass is 10.7. The Balaban J connectivity index is 2.46. The van der Waals surface area contributed by atoms with E-state index < -0.39 is 0 Å². The number of hydrogen-bond acceptors (Lipinski definition) is 3. The van der Waals surface area contributed by atoms with E-state index in [1.54, 1.807) is 17.2 Å². The molecule has 0 aliphatic heterocycles. The van der Waals surface area contributed by atoms with Gasteiger partial charge in [-0.3, -0.25) is 0 Å². The Labute approximate surface area is 69.7 Å². The maximum atomic E-state index is 4.15. The normalized spacial score (nSPS) is 10.4. The summed E-state index contributed by atoms with van der Waals surface area (Å²) in [7, 11) is 0. The first-order valence-electron chi connectivity index (χ1n) is 3.78. The smallest absolute Gasteiger partial charge is 0.232 e. The first-order chi connectivity index (χ1) is 5.92. The third kappa shape index (κ3) is 0.990. The molecule has 2 aromatic rings. The van der Waals surface area contributed by atoms with E-state index in [1.807, 2.05) is 10.8 Å². The van der Waals surface area contributed by atoms with Crippen LogP contribution in [0.15, 0.2) is 25.0 Å². The van der Waals surface area contributed by atoms with Crippen LogP contribution in [0.1, 0.15) is 6.92 Å². The highest BCUT2D eigenvalue weighted by Crippen LogP contribution is 2.01. The van der Waals surface area contributed by atoms with Crippen molar-refractivity contribution in [1.82, 2.24) is 24.3 Å². The highest BCUT2D eigenvalue weighted by molar-refractivity contribution is 5.09. The predicted molar refractivity (Wildman–Crippen MR) is 42.8 cm³/mol. The van der Waals surface area contributed by atoms with Crippen molar-refractivity contribution < 1.29 is 0 Å². The van der Waals surface area contributed by atoms with Crippen molar-refractivity contribution in [3.8, 4) is 5.95 Å². The van der Waals surface area contributed by atoms with Crippen LogP contribution in [0.25, 0.3) is 5.95 Å². The molecule has 2 heterocycles. The van der Waals surface area contributed by atoms with Crippen LogP contribution >= 0.6 is 0 Å². The fourth-order valence-electron chi connectivity index (χ4n) is 1.07. The van der Waals surface area contributed by atoms with Gasteiger partial charge in [-0.05, 0) is 6.92 Å². The van der Waals surface area contributed by atoms with Gasteiger partial charge in [-0.1, -0.05) is 0 Å². The van der Waals surface area contributed by atoms with Crippen molar-refractivity contribution in [2.75, 3.05) is 0 Å². The van der Waals surface area contributed by atoms with E-state index in [9.17, 15) is 0 Å². The van der Waals surface area contributed by atoms with Gasteiger partial charge in [-0.15, -0.1) is 0 Å². The average molecular weight is 163 g/mol. The third-order valence-electron chi connectivity index (χ3n) is 1.66. The molecule has 5 heteroatoms. The summed E-state index contributed by atoms with van der Waals surface area (Å²) in [6, 6.07) is 0. The van der Waals surface area contributed by atoms with Crippen molar-refractivity contribution in [3.05, 3.63) is 25.0 Å². The number of hydrogen-bond donors (Lipinski definition) is 0. The molecule has 62 valence electrons. The molecule has 5 nitrogen and oxygen atoms in total. The minimum absolute atomic E-state index is 0.801. The molecule has 0 fully saturated rings. The summed E-state index contributed by atoms with van der Waals surface area (Å²) in [5.74, 6) is 0.801. The monoisotopic (exact) mass is 163 g/mol. The van der Waals surface area contributed by atoms with E-state index in [1.165, 1.54) is 6.33 Å². The second-order valence-corrected chi connectivity index (χ2v) is 2.35. The molecule has 2 rings (SSSR count). The Morgan fingerprint density at radius 3 is 3.08 bits per heavy atom. The van der Waals surface area contributed by atoms with E-state index in [4.69, 9.17) is 0 Å². The summed E-state index contributed by atoms with van der Waals surface area (Å²) in [6.45, 7) is 2.94. The summed E-state index contributed by atoms with van der Waals surface area (Å²) >= 11 is 0. The molecule has 0 unspecified atom stereocenters. The highest BCUT2D eigenvalue weighted by Gasteiger charge is 2.02. The molecule has 0 radical (unpaired) electrons. The minimum Gasteiger partial charge on any atom is -0.316 e. The number of aryl methyl sites for hydroxylation is 1. The van der Waals surface area contributed by atoms with E-state index in [0.29, 0.717) is 0 Å². The van der Waals surface area contributed by atoms with Gasteiger partial charge < -0.3 is 4.57 Å². The first kappa shape index (κ1) is 7.02. The molecular weight excluding hydrogens is 154 g/mol. The second-order valence-electron chi connectivity index (χ2n) is 2.35. The fourth-order valence-corrected chi connectivity index (χ4v) is 1.07. The van der Waals surface area contributed by atoms with Crippen LogP contribution in [0.4, 0.5) is 0 Å². The maximum Gasteiger partial charge on any atom is 0.232 e. The van der Waals surface area contributed by atoms with Crippen molar-refractivity contribution in [2.24, 2.45) is 0 Å². The largest absolute Gasteiger partial charge is 0.316 e. The quantitative estimate of drug-likeness (QED) is 0.647. The Kier molecular flexibility index (Phi) is 1.62. The molecule has 0 atom stereocenters. The third-order valence-corrected chi connectivity index (χ3v) is 1.66. The molecule has 0 saturated heterocycles.